The average molecular weight is 458 g/mol. The van der Waals surface area contributed by atoms with Crippen molar-refractivity contribution in [2.24, 2.45) is 5.73 Å². The molecule has 3 aromatic rings. The maximum Gasteiger partial charge on any atom is 0.344 e. The van der Waals surface area contributed by atoms with Gasteiger partial charge in [0.1, 0.15) is 11.5 Å². The monoisotopic (exact) mass is 458 g/mol. The van der Waals surface area contributed by atoms with E-state index in [2.05, 4.69) is 4.98 Å². The number of pyridine rings is 1. The summed E-state index contributed by atoms with van der Waals surface area (Å²) in [6.45, 7) is 2.12. The highest BCUT2D eigenvalue weighted by atomic mass is 19.1. The van der Waals surface area contributed by atoms with Gasteiger partial charge < -0.3 is 25.1 Å². The van der Waals surface area contributed by atoms with E-state index in [0.29, 0.717) is 30.3 Å². The van der Waals surface area contributed by atoms with E-state index in [1.807, 2.05) is 24.3 Å². The second-order valence-electron chi connectivity index (χ2n) is 7.20. The number of rotatable bonds is 10. The molecule has 1 atom stereocenters. The third kappa shape index (κ3) is 5.95. The molecule has 0 amide bonds. The first-order chi connectivity index (χ1) is 15.8. The predicted octanol–water partition coefficient (Wildman–Crippen LogP) is 4.92. The summed E-state index contributed by atoms with van der Waals surface area (Å²) in [5, 5.41) is 9.25. The highest BCUT2D eigenvalue weighted by Gasteiger charge is 2.23. The summed E-state index contributed by atoms with van der Waals surface area (Å²) in [6.07, 6.45) is -0.708. The van der Waals surface area contributed by atoms with E-state index in [1.54, 1.807) is 19.1 Å². The Morgan fingerprint density at radius 3 is 2.45 bits per heavy atom. The summed E-state index contributed by atoms with van der Waals surface area (Å²) in [5.74, 6) is -4.10. The van der Waals surface area contributed by atoms with Gasteiger partial charge >= 0.3 is 5.97 Å². The second-order valence-corrected chi connectivity index (χ2v) is 7.20. The number of aliphatic carboxylic acids is 1. The molecule has 0 aliphatic heterocycles. The van der Waals surface area contributed by atoms with E-state index in [9.17, 15) is 18.7 Å². The third-order valence-corrected chi connectivity index (χ3v) is 4.77. The molecule has 0 radical (unpaired) electrons. The molecule has 0 aliphatic rings. The quantitative estimate of drug-likeness (QED) is 0.444. The van der Waals surface area contributed by atoms with Gasteiger partial charge in [-0.15, -0.1) is 0 Å². The topological polar surface area (TPSA) is 104 Å². The fraction of sp³-hybridized carbons (Fsp3) is 0.250. The summed E-state index contributed by atoms with van der Waals surface area (Å²) >= 11 is 0. The van der Waals surface area contributed by atoms with Crippen LogP contribution in [0.1, 0.15) is 25.3 Å². The number of carbonyl (C=O) groups is 1. The first kappa shape index (κ1) is 23.9. The second kappa shape index (κ2) is 10.7. The Bertz CT molecular complexity index is 1140. The summed E-state index contributed by atoms with van der Waals surface area (Å²) in [5.41, 5.74) is 8.19. The van der Waals surface area contributed by atoms with Crippen molar-refractivity contribution in [3.63, 3.8) is 0 Å². The number of methoxy groups -OCH3 is 1. The fourth-order valence-electron chi connectivity index (χ4n) is 3.12. The number of aromatic nitrogens is 1. The van der Waals surface area contributed by atoms with Gasteiger partial charge in [0.25, 0.3) is 11.8 Å². The number of benzene rings is 2. The Balaban J connectivity index is 1.96. The van der Waals surface area contributed by atoms with Crippen LogP contribution in [0, 0.1) is 11.6 Å². The summed E-state index contributed by atoms with van der Waals surface area (Å²) in [6, 6.07) is 13.0. The molecule has 1 heterocycles. The highest BCUT2D eigenvalue weighted by Crippen LogP contribution is 2.34. The Morgan fingerprint density at radius 2 is 1.79 bits per heavy atom. The average Bonchev–Trinajstić information content (AvgIpc) is 2.81. The van der Waals surface area contributed by atoms with E-state index >= 15 is 0 Å². The number of carboxylic acid groups (broad SMARTS) is 1. The van der Waals surface area contributed by atoms with Crippen molar-refractivity contribution in [1.29, 1.82) is 0 Å². The molecule has 0 aliphatic carbocycles. The van der Waals surface area contributed by atoms with E-state index < -0.39 is 35.5 Å². The van der Waals surface area contributed by atoms with Crippen molar-refractivity contribution >= 4 is 5.97 Å². The van der Waals surface area contributed by atoms with Gasteiger partial charge in [0.05, 0.1) is 7.11 Å². The molecule has 0 fully saturated rings. The zero-order chi connectivity index (χ0) is 24.0. The number of halogens is 2. The lowest BCUT2D eigenvalue weighted by molar-refractivity contribution is -0.145. The Labute approximate surface area is 189 Å². The van der Waals surface area contributed by atoms with Crippen LogP contribution in [0.3, 0.4) is 0 Å². The van der Waals surface area contributed by atoms with Gasteiger partial charge in [-0.1, -0.05) is 31.5 Å². The van der Waals surface area contributed by atoms with E-state index in [0.717, 1.165) is 11.1 Å². The molecule has 3 N–H and O–H groups in total. The lowest BCUT2D eigenvalue weighted by Crippen LogP contribution is -2.27. The van der Waals surface area contributed by atoms with Crippen LogP contribution in [0.4, 0.5) is 8.78 Å². The normalized spacial score (nSPS) is 11.7. The van der Waals surface area contributed by atoms with E-state index in [1.165, 1.54) is 13.2 Å². The zero-order valence-electron chi connectivity index (χ0n) is 18.2. The summed E-state index contributed by atoms with van der Waals surface area (Å²) < 4.78 is 44.7. The fourth-order valence-corrected chi connectivity index (χ4v) is 3.12. The number of hydrogen-bond donors (Lipinski definition) is 2. The standard InChI is InChI=1S/C24H24F2N2O5/c1-3-5-21(24(29)30)33-23-20(26)12-19(25)22(28-23)32-18-10-16(9-17(11-18)31-2)15-7-4-6-14(8-15)13-27/h4,6-12,21H,3,5,13,27H2,1-2H3,(H,29,30). The van der Waals surface area contributed by atoms with Crippen LogP contribution >= 0.6 is 0 Å². The maximum atomic E-state index is 14.4. The molecular formula is C24H24F2N2O5. The van der Waals surface area contributed by atoms with Crippen LogP contribution in [-0.4, -0.2) is 29.3 Å². The van der Waals surface area contributed by atoms with Crippen LogP contribution in [0.2, 0.25) is 0 Å². The van der Waals surface area contributed by atoms with Crippen molar-refractivity contribution in [3.05, 3.63) is 65.7 Å². The van der Waals surface area contributed by atoms with Crippen LogP contribution in [0.15, 0.2) is 48.5 Å². The van der Waals surface area contributed by atoms with Gasteiger partial charge in [-0.25, -0.2) is 13.6 Å². The minimum absolute atomic E-state index is 0.130. The predicted molar refractivity (Wildman–Crippen MR) is 118 cm³/mol. The first-order valence-electron chi connectivity index (χ1n) is 10.3. The lowest BCUT2D eigenvalue weighted by atomic mass is 10.0. The maximum absolute atomic E-state index is 14.4. The Morgan fingerprint density at radius 1 is 1.06 bits per heavy atom. The van der Waals surface area contributed by atoms with Crippen LogP contribution in [0.25, 0.3) is 11.1 Å². The molecule has 33 heavy (non-hydrogen) atoms. The summed E-state index contributed by atoms with van der Waals surface area (Å²) in [7, 11) is 1.47. The molecule has 1 unspecified atom stereocenters. The first-order valence-corrected chi connectivity index (χ1v) is 10.3. The molecule has 174 valence electrons. The van der Waals surface area contributed by atoms with Crippen molar-refractivity contribution in [1.82, 2.24) is 4.98 Å². The number of ether oxygens (including phenoxy) is 3. The third-order valence-electron chi connectivity index (χ3n) is 4.77. The SMILES string of the molecule is CCCC(Oc1nc(Oc2cc(OC)cc(-c3cccc(CN)c3)c2)c(F)cc1F)C(=O)O. The largest absolute Gasteiger partial charge is 0.497 e. The zero-order valence-corrected chi connectivity index (χ0v) is 18.2. The molecular weight excluding hydrogens is 434 g/mol. The summed E-state index contributed by atoms with van der Waals surface area (Å²) in [4.78, 5) is 15.1. The Kier molecular flexibility index (Phi) is 7.78. The van der Waals surface area contributed by atoms with Gasteiger partial charge in [0, 0.05) is 18.7 Å². The molecule has 0 saturated heterocycles. The van der Waals surface area contributed by atoms with E-state index in [4.69, 9.17) is 19.9 Å². The van der Waals surface area contributed by atoms with Gasteiger partial charge in [-0.05, 0) is 41.3 Å². The number of nitrogens with zero attached hydrogens (tertiary/aromatic N) is 1. The number of carboxylic acids is 1. The molecule has 0 saturated carbocycles. The van der Waals surface area contributed by atoms with E-state index in [-0.39, 0.29) is 12.2 Å². The van der Waals surface area contributed by atoms with Crippen molar-refractivity contribution < 1.29 is 32.9 Å². The Hall–Kier alpha value is -3.72. The van der Waals surface area contributed by atoms with Gasteiger partial charge in [-0.3, -0.25) is 0 Å². The molecule has 0 spiro atoms. The van der Waals surface area contributed by atoms with Crippen LogP contribution in [-0.2, 0) is 11.3 Å². The molecule has 9 heteroatoms. The number of nitrogens with two attached hydrogens (primary N) is 1. The smallest absolute Gasteiger partial charge is 0.344 e. The minimum atomic E-state index is -1.33. The van der Waals surface area contributed by atoms with Gasteiger partial charge in [0.15, 0.2) is 17.7 Å². The molecule has 1 aromatic heterocycles. The molecule has 7 nitrogen and oxygen atoms in total. The van der Waals surface area contributed by atoms with Crippen molar-refractivity contribution in [2.45, 2.75) is 32.4 Å². The van der Waals surface area contributed by atoms with Crippen molar-refractivity contribution in [2.75, 3.05) is 7.11 Å². The molecule has 2 aromatic carbocycles. The lowest BCUT2D eigenvalue weighted by Gasteiger charge is -2.15. The van der Waals surface area contributed by atoms with Crippen LogP contribution in [0.5, 0.6) is 23.3 Å². The van der Waals surface area contributed by atoms with Crippen molar-refractivity contribution in [3.8, 4) is 34.4 Å². The molecule has 0 bridgehead atoms. The van der Waals surface area contributed by atoms with Gasteiger partial charge in [-0.2, -0.15) is 4.98 Å². The van der Waals surface area contributed by atoms with Gasteiger partial charge in [0.2, 0.25) is 0 Å². The van der Waals surface area contributed by atoms with Crippen LogP contribution < -0.4 is 19.9 Å². The highest BCUT2D eigenvalue weighted by molar-refractivity contribution is 5.72. The molecule has 3 rings (SSSR count). The number of hydrogen-bond acceptors (Lipinski definition) is 6. The minimum Gasteiger partial charge on any atom is -0.497 e.